The van der Waals surface area contributed by atoms with E-state index in [2.05, 4.69) is 21.9 Å². The van der Waals surface area contributed by atoms with Gasteiger partial charge in [0.15, 0.2) is 5.65 Å². The third-order valence-corrected chi connectivity index (χ3v) is 6.84. The number of carbonyl (C=O) groups is 1. The first-order valence-electron chi connectivity index (χ1n) is 11.5. The number of rotatable bonds is 5. The number of methoxy groups -OCH3 is 1. The van der Waals surface area contributed by atoms with Gasteiger partial charge in [-0.2, -0.15) is 5.10 Å². The van der Waals surface area contributed by atoms with Crippen molar-refractivity contribution in [2.24, 2.45) is 5.92 Å². The van der Waals surface area contributed by atoms with Crippen molar-refractivity contribution in [3.8, 4) is 0 Å². The molecule has 2 aliphatic rings. The number of carbonyl (C=O) groups excluding carboxylic acids is 1. The first kappa shape index (κ1) is 21.8. The molecule has 33 heavy (non-hydrogen) atoms. The van der Waals surface area contributed by atoms with E-state index in [1.165, 1.54) is 7.11 Å². The molecule has 0 amide bonds. The van der Waals surface area contributed by atoms with E-state index in [4.69, 9.17) is 14.5 Å². The van der Waals surface area contributed by atoms with Crippen molar-refractivity contribution in [3.05, 3.63) is 57.8 Å². The lowest BCUT2D eigenvalue weighted by Gasteiger charge is -2.23. The van der Waals surface area contributed by atoms with Crippen LogP contribution in [0.5, 0.6) is 0 Å². The SMILES string of the molecule is COC(=O)c1ccc(CN2C[C@H](c3nc4c(cnn4C4CCOCC4)c(=O)[nH]3)[C@@H](C)C2)cc1. The zero-order valence-electron chi connectivity index (χ0n) is 19.0. The summed E-state index contributed by atoms with van der Waals surface area (Å²) < 4.78 is 12.2. The molecule has 5 rings (SSSR count). The van der Waals surface area contributed by atoms with Gasteiger partial charge in [0.1, 0.15) is 11.2 Å². The van der Waals surface area contributed by atoms with E-state index in [0.717, 1.165) is 43.9 Å². The molecule has 3 aromatic rings. The number of benzene rings is 1. The maximum Gasteiger partial charge on any atom is 0.337 e. The number of ether oxygens (including phenoxy) is 2. The van der Waals surface area contributed by atoms with E-state index < -0.39 is 0 Å². The highest BCUT2D eigenvalue weighted by molar-refractivity contribution is 5.89. The number of hydrogen-bond donors (Lipinski definition) is 1. The third kappa shape index (κ3) is 4.30. The summed E-state index contributed by atoms with van der Waals surface area (Å²) in [7, 11) is 1.38. The van der Waals surface area contributed by atoms with E-state index in [9.17, 15) is 9.59 Å². The average Bonchev–Trinajstić information content (AvgIpc) is 3.43. The lowest BCUT2D eigenvalue weighted by molar-refractivity contribution is 0.0600. The number of likely N-dealkylation sites (tertiary alicyclic amines) is 1. The van der Waals surface area contributed by atoms with Crippen molar-refractivity contribution in [2.45, 2.75) is 38.3 Å². The molecule has 2 atom stereocenters. The highest BCUT2D eigenvalue weighted by Gasteiger charge is 2.33. The summed E-state index contributed by atoms with van der Waals surface area (Å²) >= 11 is 0. The molecule has 2 fully saturated rings. The normalized spacial score (nSPS) is 22.1. The first-order valence-corrected chi connectivity index (χ1v) is 11.5. The van der Waals surface area contributed by atoms with Crippen LogP contribution in [0.15, 0.2) is 35.3 Å². The molecule has 1 aromatic carbocycles. The molecule has 0 saturated carbocycles. The van der Waals surface area contributed by atoms with Crippen LogP contribution in [-0.2, 0) is 16.0 Å². The fourth-order valence-corrected chi connectivity index (χ4v) is 5.00. The quantitative estimate of drug-likeness (QED) is 0.595. The standard InChI is InChI=1S/C24H29N5O4/c1-15-12-28(13-16-3-5-17(6-4-16)24(31)32-2)14-20(15)21-26-22-19(23(30)27-21)11-25-29(22)18-7-9-33-10-8-18/h3-6,11,15,18,20H,7-10,12-14H2,1-2H3,(H,26,27,30)/t15-,20-/m0/s1. The molecule has 1 N–H and O–H groups in total. The molecule has 2 aromatic heterocycles. The number of nitrogens with zero attached hydrogens (tertiary/aromatic N) is 4. The topological polar surface area (TPSA) is 102 Å². The fourth-order valence-electron chi connectivity index (χ4n) is 5.00. The van der Waals surface area contributed by atoms with Crippen LogP contribution in [0.25, 0.3) is 11.0 Å². The van der Waals surface area contributed by atoms with Gasteiger partial charge in [-0.15, -0.1) is 0 Å². The van der Waals surface area contributed by atoms with Crippen molar-refractivity contribution >= 4 is 17.0 Å². The van der Waals surface area contributed by atoms with E-state index >= 15 is 0 Å². The molecular weight excluding hydrogens is 422 g/mol. The van der Waals surface area contributed by atoms with Crippen molar-refractivity contribution in [1.29, 1.82) is 0 Å². The first-order chi connectivity index (χ1) is 16.0. The maximum atomic E-state index is 12.8. The predicted molar refractivity (Wildman–Crippen MR) is 122 cm³/mol. The van der Waals surface area contributed by atoms with E-state index in [1.54, 1.807) is 18.3 Å². The maximum absolute atomic E-state index is 12.8. The summed E-state index contributed by atoms with van der Waals surface area (Å²) in [5.74, 6) is 0.882. The van der Waals surface area contributed by atoms with Gasteiger partial charge in [-0.3, -0.25) is 9.69 Å². The van der Waals surface area contributed by atoms with Gasteiger partial charge in [-0.25, -0.2) is 14.5 Å². The Hall–Kier alpha value is -3.04. The van der Waals surface area contributed by atoms with Gasteiger partial charge < -0.3 is 14.5 Å². The van der Waals surface area contributed by atoms with E-state index in [0.29, 0.717) is 35.7 Å². The monoisotopic (exact) mass is 451 g/mol. The highest BCUT2D eigenvalue weighted by atomic mass is 16.5. The number of H-pyrrole nitrogens is 1. The molecule has 0 unspecified atom stereocenters. The van der Waals surface area contributed by atoms with E-state index in [1.807, 2.05) is 16.8 Å². The Morgan fingerprint density at radius 1 is 1.21 bits per heavy atom. The Morgan fingerprint density at radius 2 is 1.97 bits per heavy atom. The van der Waals surface area contributed by atoms with Crippen LogP contribution < -0.4 is 5.56 Å². The minimum atomic E-state index is -0.332. The molecule has 4 heterocycles. The van der Waals surface area contributed by atoms with Gasteiger partial charge in [0.05, 0.1) is 24.9 Å². The molecule has 0 radical (unpaired) electrons. The van der Waals surface area contributed by atoms with Gasteiger partial charge in [0.25, 0.3) is 5.56 Å². The van der Waals surface area contributed by atoms with Crippen molar-refractivity contribution in [2.75, 3.05) is 33.4 Å². The molecule has 9 heteroatoms. The summed E-state index contributed by atoms with van der Waals surface area (Å²) in [5, 5.41) is 5.04. The highest BCUT2D eigenvalue weighted by Crippen LogP contribution is 2.32. The Balaban J connectivity index is 1.35. The summed E-state index contributed by atoms with van der Waals surface area (Å²) in [6, 6.07) is 7.72. The molecule has 0 bridgehead atoms. The van der Waals surface area contributed by atoms with Crippen LogP contribution in [0.3, 0.4) is 0 Å². The van der Waals surface area contributed by atoms with Crippen LogP contribution in [0, 0.1) is 5.92 Å². The van der Waals surface area contributed by atoms with Crippen molar-refractivity contribution in [1.82, 2.24) is 24.6 Å². The lowest BCUT2D eigenvalue weighted by atomic mass is 9.97. The van der Waals surface area contributed by atoms with Gasteiger partial charge >= 0.3 is 5.97 Å². The second kappa shape index (κ2) is 9.07. The lowest BCUT2D eigenvalue weighted by Crippen LogP contribution is -2.23. The number of aromatic nitrogens is 4. The smallest absolute Gasteiger partial charge is 0.337 e. The summed E-state index contributed by atoms with van der Waals surface area (Å²) in [6.45, 7) is 6.10. The molecular formula is C24H29N5O4. The van der Waals surface area contributed by atoms with Crippen LogP contribution in [0.2, 0.25) is 0 Å². The number of hydrogen-bond acceptors (Lipinski definition) is 7. The second-order valence-electron chi connectivity index (χ2n) is 9.09. The summed E-state index contributed by atoms with van der Waals surface area (Å²) in [5.41, 5.74) is 2.22. The largest absolute Gasteiger partial charge is 0.465 e. The van der Waals surface area contributed by atoms with Crippen LogP contribution >= 0.6 is 0 Å². The summed E-state index contributed by atoms with van der Waals surface area (Å²) in [4.78, 5) is 34.8. The minimum absolute atomic E-state index is 0.127. The Labute approximate surface area is 191 Å². The average molecular weight is 452 g/mol. The Bertz CT molecular complexity index is 1200. The number of nitrogens with one attached hydrogen (secondary N) is 1. The van der Waals surface area contributed by atoms with Gasteiger partial charge in [-0.1, -0.05) is 19.1 Å². The fraction of sp³-hybridized carbons (Fsp3) is 0.500. The number of fused-ring (bicyclic) bond motifs is 1. The molecule has 2 saturated heterocycles. The zero-order chi connectivity index (χ0) is 22.9. The second-order valence-corrected chi connectivity index (χ2v) is 9.09. The Morgan fingerprint density at radius 3 is 2.70 bits per heavy atom. The van der Waals surface area contributed by atoms with Gasteiger partial charge in [-0.05, 0) is 36.5 Å². The van der Waals surface area contributed by atoms with Crippen molar-refractivity contribution in [3.63, 3.8) is 0 Å². The van der Waals surface area contributed by atoms with Crippen LogP contribution in [0.4, 0.5) is 0 Å². The predicted octanol–water partition coefficient (Wildman–Crippen LogP) is 2.49. The van der Waals surface area contributed by atoms with Crippen LogP contribution in [-0.4, -0.2) is 64.0 Å². The minimum Gasteiger partial charge on any atom is -0.465 e. The molecule has 0 spiro atoms. The number of aromatic amines is 1. The van der Waals surface area contributed by atoms with Crippen molar-refractivity contribution < 1.29 is 14.3 Å². The Kier molecular flexibility index (Phi) is 5.99. The third-order valence-electron chi connectivity index (χ3n) is 6.84. The molecule has 0 aliphatic carbocycles. The molecule has 9 nitrogen and oxygen atoms in total. The summed E-state index contributed by atoms with van der Waals surface area (Å²) in [6.07, 6.45) is 3.38. The molecule has 174 valence electrons. The van der Waals surface area contributed by atoms with E-state index in [-0.39, 0.29) is 23.5 Å². The number of esters is 1. The zero-order valence-corrected chi connectivity index (χ0v) is 19.0. The van der Waals surface area contributed by atoms with Crippen LogP contribution in [0.1, 0.15) is 53.5 Å². The van der Waals surface area contributed by atoms with Gasteiger partial charge in [0, 0.05) is 38.8 Å². The molecule has 2 aliphatic heterocycles. The van der Waals surface area contributed by atoms with Gasteiger partial charge in [0.2, 0.25) is 0 Å².